The lowest BCUT2D eigenvalue weighted by atomic mass is 10.0. The van der Waals surface area contributed by atoms with Crippen molar-refractivity contribution in [2.24, 2.45) is 0 Å². The van der Waals surface area contributed by atoms with Gasteiger partial charge in [0.05, 0.1) is 12.9 Å². The van der Waals surface area contributed by atoms with Crippen LogP contribution in [0.2, 0.25) is 5.02 Å². The van der Waals surface area contributed by atoms with E-state index in [1.54, 1.807) is 12.1 Å². The van der Waals surface area contributed by atoms with Crippen LogP contribution in [-0.2, 0) is 15.6 Å². The van der Waals surface area contributed by atoms with Crippen LogP contribution < -0.4 is 4.74 Å². The lowest BCUT2D eigenvalue weighted by molar-refractivity contribution is 0.0693. The van der Waals surface area contributed by atoms with Gasteiger partial charge in [0.1, 0.15) is 22.0 Å². The highest BCUT2D eigenvalue weighted by atomic mass is 35.5. The lowest BCUT2D eigenvalue weighted by Gasteiger charge is -2.13. The minimum absolute atomic E-state index is 0.108. The monoisotopic (exact) mass is 432 g/mol. The topological polar surface area (TPSA) is 101 Å². The first-order valence-electron chi connectivity index (χ1n) is 8.44. The van der Waals surface area contributed by atoms with Gasteiger partial charge in [-0.15, -0.1) is 0 Å². The van der Waals surface area contributed by atoms with Crippen molar-refractivity contribution in [3.63, 3.8) is 0 Å². The van der Waals surface area contributed by atoms with E-state index in [0.717, 1.165) is 23.3 Å². The predicted molar refractivity (Wildman–Crippen MR) is 109 cm³/mol. The standard InChI is InChI=1S/C21H17ClO6S/c1-28-18-8-7-14(13-5-3-2-4-6-13)9-15(18)12-29(26,27)19-11-16(22)10-17(20(19)23)21(24)25/h2-11,23H,12H2,1H3,(H,24,25). The molecule has 150 valence electrons. The molecule has 0 aliphatic heterocycles. The number of phenols is 1. The van der Waals surface area contributed by atoms with E-state index in [9.17, 15) is 23.4 Å². The first kappa shape index (κ1) is 20.7. The summed E-state index contributed by atoms with van der Waals surface area (Å²) in [5.74, 6) is -2.48. The van der Waals surface area contributed by atoms with Gasteiger partial charge in [-0.3, -0.25) is 0 Å². The molecule has 0 aromatic heterocycles. The highest BCUT2D eigenvalue weighted by molar-refractivity contribution is 7.90. The number of ether oxygens (including phenoxy) is 1. The van der Waals surface area contributed by atoms with Gasteiger partial charge in [0.25, 0.3) is 0 Å². The molecule has 0 radical (unpaired) electrons. The molecule has 0 aliphatic rings. The van der Waals surface area contributed by atoms with Crippen LogP contribution in [-0.4, -0.2) is 31.7 Å². The number of hydrogen-bond donors (Lipinski definition) is 2. The number of carboxylic acids is 1. The molecular formula is C21H17ClO6S. The SMILES string of the molecule is COc1ccc(-c2ccccc2)cc1CS(=O)(=O)c1cc(Cl)cc(C(=O)O)c1O. The summed E-state index contributed by atoms with van der Waals surface area (Å²) in [6.45, 7) is 0. The van der Waals surface area contributed by atoms with Gasteiger partial charge in [0.15, 0.2) is 9.84 Å². The average molecular weight is 433 g/mol. The quantitative estimate of drug-likeness (QED) is 0.599. The number of carbonyl (C=O) groups is 1. The van der Waals surface area contributed by atoms with Crippen LogP contribution in [0.4, 0.5) is 0 Å². The van der Waals surface area contributed by atoms with Crippen molar-refractivity contribution in [2.75, 3.05) is 7.11 Å². The van der Waals surface area contributed by atoms with Gasteiger partial charge < -0.3 is 14.9 Å². The molecule has 3 aromatic carbocycles. The zero-order chi connectivity index (χ0) is 21.2. The van der Waals surface area contributed by atoms with Gasteiger partial charge in [-0.05, 0) is 35.4 Å². The van der Waals surface area contributed by atoms with Crippen molar-refractivity contribution in [1.82, 2.24) is 0 Å². The molecule has 0 atom stereocenters. The average Bonchev–Trinajstić information content (AvgIpc) is 2.69. The first-order chi connectivity index (χ1) is 13.7. The number of aromatic hydroxyl groups is 1. The number of hydrogen-bond acceptors (Lipinski definition) is 5. The van der Waals surface area contributed by atoms with E-state index >= 15 is 0 Å². The summed E-state index contributed by atoms with van der Waals surface area (Å²) in [4.78, 5) is 10.7. The van der Waals surface area contributed by atoms with Crippen molar-refractivity contribution in [3.05, 3.63) is 76.8 Å². The van der Waals surface area contributed by atoms with Crippen molar-refractivity contribution < 1.29 is 28.2 Å². The van der Waals surface area contributed by atoms with E-state index in [1.807, 2.05) is 36.4 Å². The molecule has 6 nitrogen and oxygen atoms in total. The molecule has 8 heteroatoms. The molecule has 0 bridgehead atoms. The maximum atomic E-state index is 13.0. The largest absolute Gasteiger partial charge is 0.506 e. The fourth-order valence-electron chi connectivity index (χ4n) is 2.96. The molecule has 3 aromatic rings. The van der Waals surface area contributed by atoms with Crippen LogP contribution in [0.3, 0.4) is 0 Å². The van der Waals surface area contributed by atoms with Crippen LogP contribution in [0, 0.1) is 0 Å². The molecule has 29 heavy (non-hydrogen) atoms. The molecular weight excluding hydrogens is 416 g/mol. The first-order valence-corrected chi connectivity index (χ1v) is 10.5. The molecule has 0 aliphatic carbocycles. The fraction of sp³-hybridized carbons (Fsp3) is 0.0952. The van der Waals surface area contributed by atoms with E-state index in [4.69, 9.17) is 16.3 Å². The molecule has 3 rings (SSSR count). The number of halogens is 1. The minimum atomic E-state index is -4.13. The van der Waals surface area contributed by atoms with Crippen LogP contribution in [0.15, 0.2) is 65.6 Å². The van der Waals surface area contributed by atoms with Crippen LogP contribution >= 0.6 is 11.6 Å². The molecule has 0 heterocycles. The van der Waals surface area contributed by atoms with Gasteiger partial charge >= 0.3 is 5.97 Å². The number of rotatable bonds is 6. The Morgan fingerprint density at radius 2 is 1.72 bits per heavy atom. The smallest absolute Gasteiger partial charge is 0.339 e. The highest BCUT2D eigenvalue weighted by Crippen LogP contribution is 2.35. The Bertz CT molecular complexity index is 1170. The fourth-order valence-corrected chi connectivity index (χ4v) is 4.74. The van der Waals surface area contributed by atoms with Crippen LogP contribution in [0.1, 0.15) is 15.9 Å². The third kappa shape index (κ3) is 4.36. The van der Waals surface area contributed by atoms with E-state index in [0.29, 0.717) is 11.3 Å². The summed E-state index contributed by atoms with van der Waals surface area (Å²) in [5, 5.41) is 19.3. The Morgan fingerprint density at radius 1 is 1.03 bits per heavy atom. The Balaban J connectivity index is 2.08. The zero-order valence-electron chi connectivity index (χ0n) is 15.3. The van der Waals surface area contributed by atoms with Gasteiger partial charge in [-0.2, -0.15) is 0 Å². The Labute approximate surface area is 172 Å². The van der Waals surface area contributed by atoms with Gasteiger partial charge in [-0.25, -0.2) is 13.2 Å². The van der Waals surface area contributed by atoms with E-state index in [1.165, 1.54) is 7.11 Å². The van der Waals surface area contributed by atoms with Crippen LogP contribution in [0.5, 0.6) is 11.5 Å². The normalized spacial score (nSPS) is 11.2. The van der Waals surface area contributed by atoms with Crippen molar-refractivity contribution in [1.29, 1.82) is 0 Å². The number of sulfone groups is 1. The Hall–Kier alpha value is -3.03. The Kier molecular flexibility index (Phi) is 5.81. The van der Waals surface area contributed by atoms with Gasteiger partial charge in [0, 0.05) is 10.6 Å². The highest BCUT2D eigenvalue weighted by Gasteiger charge is 2.26. The third-order valence-electron chi connectivity index (χ3n) is 4.34. The maximum Gasteiger partial charge on any atom is 0.339 e. The summed E-state index contributed by atoms with van der Waals surface area (Å²) in [6.07, 6.45) is 0. The van der Waals surface area contributed by atoms with E-state index < -0.39 is 37.8 Å². The number of carboxylic acid groups (broad SMARTS) is 1. The van der Waals surface area contributed by atoms with Crippen LogP contribution in [0.25, 0.3) is 11.1 Å². The second-order valence-electron chi connectivity index (χ2n) is 6.26. The van der Waals surface area contributed by atoms with Crippen molar-refractivity contribution in [3.8, 4) is 22.6 Å². The van der Waals surface area contributed by atoms with Gasteiger partial charge in [-0.1, -0.05) is 48.0 Å². The summed E-state index contributed by atoms with van der Waals surface area (Å²) in [5.41, 5.74) is 1.47. The second-order valence-corrected chi connectivity index (χ2v) is 8.65. The van der Waals surface area contributed by atoms with E-state index in [2.05, 4.69) is 0 Å². The van der Waals surface area contributed by atoms with Crippen molar-refractivity contribution >= 4 is 27.4 Å². The number of benzene rings is 3. The predicted octanol–water partition coefficient (Wildman–Crippen LogP) is 4.39. The summed E-state index contributed by atoms with van der Waals surface area (Å²) in [6, 6.07) is 16.6. The van der Waals surface area contributed by atoms with Gasteiger partial charge in [0.2, 0.25) is 0 Å². The third-order valence-corrected chi connectivity index (χ3v) is 6.23. The lowest BCUT2D eigenvalue weighted by Crippen LogP contribution is -2.09. The number of aromatic carboxylic acids is 1. The molecule has 0 unspecified atom stereocenters. The molecule has 0 fully saturated rings. The maximum absolute atomic E-state index is 13.0. The minimum Gasteiger partial charge on any atom is -0.506 e. The Morgan fingerprint density at radius 3 is 2.34 bits per heavy atom. The van der Waals surface area contributed by atoms with Crippen molar-refractivity contribution in [2.45, 2.75) is 10.6 Å². The molecule has 0 spiro atoms. The number of methoxy groups -OCH3 is 1. The summed E-state index contributed by atoms with van der Waals surface area (Å²) in [7, 11) is -2.71. The summed E-state index contributed by atoms with van der Waals surface area (Å²) < 4.78 is 31.3. The zero-order valence-corrected chi connectivity index (χ0v) is 16.9. The molecule has 2 N–H and O–H groups in total. The molecule has 0 saturated carbocycles. The van der Waals surface area contributed by atoms with E-state index in [-0.39, 0.29) is 5.02 Å². The second kappa shape index (κ2) is 8.14. The molecule has 0 amide bonds. The summed E-state index contributed by atoms with van der Waals surface area (Å²) >= 11 is 5.88. The molecule has 0 saturated heterocycles.